The van der Waals surface area contributed by atoms with Crippen molar-refractivity contribution in [1.82, 2.24) is 10.2 Å². The molecule has 4 rings (SSSR count). The number of nitrogens with one attached hydrogen (secondary N) is 1. The largest absolute Gasteiger partial charge is 0.349 e. The number of carbonyl (C=O) groups excluding carboxylic acids is 1. The Hall–Kier alpha value is -2.17. The van der Waals surface area contributed by atoms with Crippen LogP contribution in [0.5, 0.6) is 0 Å². The summed E-state index contributed by atoms with van der Waals surface area (Å²) in [5, 5.41) is 4.30. The third-order valence-corrected chi connectivity index (χ3v) is 5.99. The van der Waals surface area contributed by atoms with Gasteiger partial charge in [-0.05, 0) is 49.0 Å². The number of amides is 1. The average Bonchev–Trinajstić information content (AvgIpc) is 3.32. The van der Waals surface area contributed by atoms with Crippen LogP contribution >= 0.6 is 11.3 Å². The van der Waals surface area contributed by atoms with Crippen LogP contribution in [0.2, 0.25) is 0 Å². The Balaban J connectivity index is 1.49. The molecule has 25 heavy (non-hydrogen) atoms. The molecule has 0 unspecified atom stereocenters. The monoisotopic (exact) mass is 350 g/mol. The van der Waals surface area contributed by atoms with Crippen molar-refractivity contribution in [1.29, 1.82) is 0 Å². The van der Waals surface area contributed by atoms with Crippen molar-refractivity contribution in [2.45, 2.75) is 18.9 Å². The lowest BCUT2D eigenvalue weighted by Gasteiger charge is -2.28. The molecule has 3 aromatic rings. The summed E-state index contributed by atoms with van der Waals surface area (Å²) in [5.74, 6) is 0.0290. The summed E-state index contributed by atoms with van der Waals surface area (Å²) in [6, 6.07) is 20.9. The molecular weight excluding hydrogens is 328 g/mol. The van der Waals surface area contributed by atoms with Crippen molar-refractivity contribution >= 4 is 27.3 Å². The minimum Gasteiger partial charge on any atom is -0.349 e. The molecule has 1 atom stereocenters. The number of hydrogen-bond acceptors (Lipinski definition) is 3. The van der Waals surface area contributed by atoms with E-state index >= 15 is 0 Å². The highest BCUT2D eigenvalue weighted by atomic mass is 32.1. The van der Waals surface area contributed by atoms with Crippen molar-refractivity contribution in [3.05, 3.63) is 71.1 Å². The maximum atomic E-state index is 12.6. The van der Waals surface area contributed by atoms with Crippen LogP contribution in [-0.4, -0.2) is 30.4 Å². The predicted molar refractivity (Wildman–Crippen MR) is 104 cm³/mol. The fourth-order valence-electron chi connectivity index (χ4n) is 3.56. The molecule has 2 aromatic carbocycles. The summed E-state index contributed by atoms with van der Waals surface area (Å²) >= 11 is 1.56. The first kappa shape index (κ1) is 16.3. The van der Waals surface area contributed by atoms with Gasteiger partial charge in [0.1, 0.15) is 0 Å². The lowest BCUT2D eigenvalue weighted by atomic mass is 10.1. The van der Waals surface area contributed by atoms with E-state index in [4.69, 9.17) is 0 Å². The summed E-state index contributed by atoms with van der Waals surface area (Å²) in [6.45, 7) is 2.87. The van der Waals surface area contributed by atoms with Gasteiger partial charge in [0.25, 0.3) is 5.91 Å². The number of hydrogen-bond donors (Lipinski definition) is 1. The minimum atomic E-state index is 0.0290. The molecule has 0 spiro atoms. The molecule has 4 heteroatoms. The molecule has 3 nitrogen and oxygen atoms in total. The first-order valence-electron chi connectivity index (χ1n) is 8.87. The van der Waals surface area contributed by atoms with Gasteiger partial charge in [0.05, 0.1) is 10.9 Å². The van der Waals surface area contributed by atoms with Crippen LogP contribution in [0.4, 0.5) is 0 Å². The van der Waals surface area contributed by atoms with Crippen LogP contribution in [0.3, 0.4) is 0 Å². The van der Waals surface area contributed by atoms with Crippen LogP contribution < -0.4 is 5.32 Å². The second-order valence-electron chi connectivity index (χ2n) is 6.53. The zero-order valence-corrected chi connectivity index (χ0v) is 15.0. The van der Waals surface area contributed by atoms with Crippen LogP contribution in [0.25, 0.3) is 10.1 Å². The zero-order chi connectivity index (χ0) is 17.1. The summed E-state index contributed by atoms with van der Waals surface area (Å²) in [5.41, 5.74) is 1.28. The fourth-order valence-corrected chi connectivity index (χ4v) is 4.54. The summed E-state index contributed by atoms with van der Waals surface area (Å²) < 4.78 is 1.16. The quantitative estimate of drug-likeness (QED) is 0.736. The van der Waals surface area contributed by atoms with E-state index in [9.17, 15) is 4.79 Å². The third-order valence-electron chi connectivity index (χ3n) is 4.87. The van der Waals surface area contributed by atoms with E-state index in [2.05, 4.69) is 46.6 Å². The maximum absolute atomic E-state index is 12.6. The van der Waals surface area contributed by atoms with E-state index in [1.807, 2.05) is 24.3 Å². The van der Waals surface area contributed by atoms with Gasteiger partial charge in [-0.1, -0.05) is 48.5 Å². The number of likely N-dealkylation sites (tertiary alicyclic amines) is 1. The molecule has 1 amide bonds. The number of rotatable bonds is 5. The standard InChI is InChI=1S/C21H22N2OS/c24-21(20-14-17-10-4-5-11-19(17)25-20)22-15-18(23-12-6-7-13-23)16-8-2-1-3-9-16/h1-5,8-11,14,18H,6-7,12-13,15H2,(H,22,24)/t18-/m1/s1. The number of fused-ring (bicyclic) bond motifs is 1. The van der Waals surface area contributed by atoms with E-state index in [1.165, 1.54) is 18.4 Å². The second-order valence-corrected chi connectivity index (χ2v) is 7.61. The van der Waals surface area contributed by atoms with Gasteiger partial charge in [0.15, 0.2) is 0 Å². The Labute approximate surface area is 152 Å². The number of nitrogens with zero attached hydrogens (tertiary/aromatic N) is 1. The third kappa shape index (κ3) is 3.60. The molecule has 0 radical (unpaired) electrons. The first-order chi connectivity index (χ1) is 12.3. The molecular formula is C21H22N2OS. The number of carbonyl (C=O) groups is 1. The molecule has 128 valence electrons. The van der Waals surface area contributed by atoms with Gasteiger partial charge in [-0.25, -0.2) is 0 Å². The fraction of sp³-hybridized carbons (Fsp3) is 0.286. The summed E-state index contributed by atoms with van der Waals surface area (Å²) in [6.07, 6.45) is 2.49. The number of thiophene rings is 1. The highest BCUT2D eigenvalue weighted by Gasteiger charge is 2.24. The molecule has 0 saturated carbocycles. The molecule has 1 aliphatic heterocycles. The molecule has 1 N–H and O–H groups in total. The SMILES string of the molecule is O=C(NC[C@H](c1ccccc1)N1CCCC1)c1cc2ccccc2s1. The second kappa shape index (κ2) is 7.38. The lowest BCUT2D eigenvalue weighted by Crippen LogP contribution is -2.36. The average molecular weight is 350 g/mol. The normalized spacial score (nSPS) is 16.2. The predicted octanol–water partition coefficient (Wildman–Crippen LogP) is 4.47. The van der Waals surface area contributed by atoms with Crippen molar-refractivity contribution in [2.75, 3.05) is 19.6 Å². The summed E-state index contributed by atoms with van der Waals surface area (Å²) in [7, 11) is 0. The zero-order valence-electron chi connectivity index (χ0n) is 14.2. The smallest absolute Gasteiger partial charge is 0.261 e. The highest BCUT2D eigenvalue weighted by molar-refractivity contribution is 7.20. The van der Waals surface area contributed by atoms with E-state index in [0.717, 1.165) is 28.1 Å². The van der Waals surface area contributed by atoms with Gasteiger partial charge in [-0.15, -0.1) is 11.3 Å². The Bertz CT molecular complexity index is 819. The molecule has 1 aromatic heterocycles. The van der Waals surface area contributed by atoms with Crippen molar-refractivity contribution in [3.63, 3.8) is 0 Å². The van der Waals surface area contributed by atoms with E-state index in [1.54, 1.807) is 11.3 Å². The lowest BCUT2D eigenvalue weighted by molar-refractivity contribution is 0.0942. The van der Waals surface area contributed by atoms with Crippen molar-refractivity contribution in [2.24, 2.45) is 0 Å². The molecule has 1 fully saturated rings. The summed E-state index contributed by atoms with van der Waals surface area (Å²) in [4.78, 5) is 15.9. The molecule has 1 aliphatic rings. The van der Waals surface area contributed by atoms with Crippen molar-refractivity contribution in [3.8, 4) is 0 Å². The van der Waals surface area contributed by atoms with Gasteiger partial charge >= 0.3 is 0 Å². The van der Waals surface area contributed by atoms with Crippen LogP contribution in [0.15, 0.2) is 60.7 Å². The Morgan fingerprint density at radius 1 is 1.04 bits per heavy atom. The van der Waals surface area contributed by atoms with E-state index < -0.39 is 0 Å². The molecule has 2 heterocycles. The maximum Gasteiger partial charge on any atom is 0.261 e. The van der Waals surface area contributed by atoms with E-state index in [0.29, 0.717) is 6.54 Å². The first-order valence-corrected chi connectivity index (χ1v) is 9.69. The van der Waals surface area contributed by atoms with Gasteiger partial charge in [-0.2, -0.15) is 0 Å². The highest BCUT2D eigenvalue weighted by Crippen LogP contribution is 2.27. The molecule has 0 bridgehead atoms. The molecule has 0 aliphatic carbocycles. The number of benzene rings is 2. The van der Waals surface area contributed by atoms with Gasteiger partial charge in [-0.3, -0.25) is 9.69 Å². The Morgan fingerprint density at radius 2 is 1.76 bits per heavy atom. The van der Waals surface area contributed by atoms with Gasteiger partial charge in [0, 0.05) is 11.2 Å². The molecule has 1 saturated heterocycles. The van der Waals surface area contributed by atoms with Crippen LogP contribution in [0.1, 0.15) is 34.1 Å². The van der Waals surface area contributed by atoms with Crippen molar-refractivity contribution < 1.29 is 4.79 Å². The van der Waals surface area contributed by atoms with Crippen LogP contribution in [0, 0.1) is 0 Å². The minimum absolute atomic E-state index is 0.0290. The van der Waals surface area contributed by atoms with Gasteiger partial charge in [0.2, 0.25) is 0 Å². The Morgan fingerprint density at radius 3 is 2.52 bits per heavy atom. The van der Waals surface area contributed by atoms with Gasteiger partial charge < -0.3 is 5.32 Å². The topological polar surface area (TPSA) is 32.3 Å². The Kier molecular flexibility index (Phi) is 4.81. The van der Waals surface area contributed by atoms with E-state index in [-0.39, 0.29) is 11.9 Å². The van der Waals surface area contributed by atoms with Crippen LogP contribution in [-0.2, 0) is 0 Å².